The van der Waals surface area contributed by atoms with E-state index in [0.29, 0.717) is 13.0 Å². The fourth-order valence-corrected chi connectivity index (χ4v) is 1.80. The van der Waals surface area contributed by atoms with Crippen LogP contribution in [0.4, 0.5) is 0 Å². The summed E-state index contributed by atoms with van der Waals surface area (Å²) < 4.78 is 11.2. The molecule has 0 heterocycles. The zero-order chi connectivity index (χ0) is 13.6. The average Bonchev–Trinajstić information content (AvgIpc) is 2.29. The topological polar surface area (TPSA) is 64.7 Å². The summed E-state index contributed by atoms with van der Waals surface area (Å²) in [6, 6.07) is 7.52. The van der Waals surface area contributed by atoms with Crippen molar-refractivity contribution in [3.05, 3.63) is 24.3 Å². The predicted molar refractivity (Wildman–Crippen MR) is 72.0 cm³/mol. The third-order valence-corrected chi connectivity index (χ3v) is 2.57. The molecule has 0 amide bonds. The van der Waals surface area contributed by atoms with Crippen LogP contribution in [0.25, 0.3) is 0 Å². The maximum Gasteiger partial charge on any atom is 0.123 e. The van der Waals surface area contributed by atoms with Crippen molar-refractivity contribution >= 4 is 0 Å². The SMILES string of the molecule is CCOc1cccc(OC(C)CC(C)(N)CO)c1. The van der Waals surface area contributed by atoms with Gasteiger partial charge in [0.2, 0.25) is 0 Å². The number of nitrogens with two attached hydrogens (primary N) is 1. The first-order valence-electron chi connectivity index (χ1n) is 6.26. The fourth-order valence-electron chi connectivity index (χ4n) is 1.80. The summed E-state index contributed by atoms with van der Waals surface area (Å²) in [6.07, 6.45) is 0.520. The number of rotatable bonds is 7. The van der Waals surface area contributed by atoms with Crippen LogP contribution in [0, 0.1) is 0 Å². The van der Waals surface area contributed by atoms with Crippen LogP contribution in [0.15, 0.2) is 24.3 Å². The molecule has 0 aliphatic heterocycles. The van der Waals surface area contributed by atoms with Crippen molar-refractivity contribution in [2.24, 2.45) is 5.73 Å². The Balaban J connectivity index is 2.58. The van der Waals surface area contributed by atoms with Gasteiger partial charge in [0.05, 0.1) is 19.3 Å². The Labute approximate surface area is 109 Å². The van der Waals surface area contributed by atoms with E-state index in [0.717, 1.165) is 11.5 Å². The highest BCUT2D eigenvalue weighted by atomic mass is 16.5. The summed E-state index contributed by atoms with van der Waals surface area (Å²) in [5.41, 5.74) is 5.28. The molecule has 1 rings (SSSR count). The normalized spacial score (nSPS) is 15.8. The second kappa shape index (κ2) is 6.61. The van der Waals surface area contributed by atoms with Crippen molar-refractivity contribution < 1.29 is 14.6 Å². The number of benzene rings is 1. The highest BCUT2D eigenvalue weighted by Crippen LogP contribution is 2.22. The highest BCUT2D eigenvalue weighted by Gasteiger charge is 2.21. The Bertz CT molecular complexity index is 366. The lowest BCUT2D eigenvalue weighted by Crippen LogP contribution is -2.43. The molecular formula is C14H23NO3. The summed E-state index contributed by atoms with van der Waals surface area (Å²) in [7, 11) is 0. The molecule has 0 saturated heterocycles. The van der Waals surface area contributed by atoms with Gasteiger partial charge in [0.25, 0.3) is 0 Å². The number of aliphatic hydroxyl groups is 1. The second-order valence-electron chi connectivity index (χ2n) is 4.85. The summed E-state index contributed by atoms with van der Waals surface area (Å²) in [4.78, 5) is 0. The number of ether oxygens (including phenoxy) is 2. The van der Waals surface area contributed by atoms with Crippen molar-refractivity contribution in [3.8, 4) is 11.5 Å². The first kappa shape index (κ1) is 14.8. The van der Waals surface area contributed by atoms with Crippen LogP contribution in [0.3, 0.4) is 0 Å². The molecule has 0 radical (unpaired) electrons. The lowest BCUT2D eigenvalue weighted by molar-refractivity contribution is 0.133. The van der Waals surface area contributed by atoms with Crippen LogP contribution in [0.5, 0.6) is 11.5 Å². The molecule has 4 nitrogen and oxygen atoms in total. The Morgan fingerprint density at radius 1 is 1.39 bits per heavy atom. The van der Waals surface area contributed by atoms with Crippen molar-refractivity contribution in [3.63, 3.8) is 0 Å². The zero-order valence-electron chi connectivity index (χ0n) is 11.3. The smallest absolute Gasteiger partial charge is 0.123 e. The first-order chi connectivity index (χ1) is 8.46. The third-order valence-electron chi connectivity index (χ3n) is 2.57. The van der Waals surface area contributed by atoms with E-state index >= 15 is 0 Å². The average molecular weight is 253 g/mol. The maximum absolute atomic E-state index is 9.12. The Hall–Kier alpha value is -1.26. The number of hydrogen-bond acceptors (Lipinski definition) is 4. The molecule has 102 valence electrons. The molecular weight excluding hydrogens is 230 g/mol. The molecule has 1 aromatic rings. The van der Waals surface area contributed by atoms with E-state index < -0.39 is 5.54 Å². The largest absolute Gasteiger partial charge is 0.494 e. The fraction of sp³-hybridized carbons (Fsp3) is 0.571. The van der Waals surface area contributed by atoms with Gasteiger partial charge in [-0.3, -0.25) is 0 Å². The summed E-state index contributed by atoms with van der Waals surface area (Å²) in [6.45, 7) is 6.26. The molecule has 3 N–H and O–H groups in total. The minimum absolute atomic E-state index is 0.0559. The lowest BCUT2D eigenvalue weighted by Gasteiger charge is -2.26. The predicted octanol–water partition coefficient (Wildman–Crippen LogP) is 1.95. The summed E-state index contributed by atoms with van der Waals surface area (Å²) in [5, 5.41) is 9.12. The van der Waals surface area contributed by atoms with E-state index in [4.69, 9.17) is 20.3 Å². The third kappa shape index (κ3) is 4.94. The standard InChI is InChI=1S/C14H23NO3/c1-4-17-12-6-5-7-13(8-12)18-11(2)9-14(3,15)10-16/h5-8,11,16H,4,9-10,15H2,1-3H3. The van der Waals surface area contributed by atoms with E-state index in [9.17, 15) is 0 Å². The van der Waals surface area contributed by atoms with Gasteiger partial charge in [0.1, 0.15) is 11.5 Å². The van der Waals surface area contributed by atoms with Gasteiger partial charge in [-0.15, -0.1) is 0 Å². The first-order valence-corrected chi connectivity index (χ1v) is 6.26. The van der Waals surface area contributed by atoms with Crippen molar-refractivity contribution in [2.45, 2.75) is 38.8 Å². The molecule has 0 aliphatic rings. The molecule has 0 fully saturated rings. The van der Waals surface area contributed by atoms with Gasteiger partial charge in [-0.2, -0.15) is 0 Å². The summed E-state index contributed by atoms with van der Waals surface area (Å²) >= 11 is 0. The maximum atomic E-state index is 9.12. The number of aliphatic hydroxyl groups excluding tert-OH is 1. The van der Waals surface area contributed by atoms with Crippen LogP contribution in [-0.2, 0) is 0 Å². The second-order valence-corrected chi connectivity index (χ2v) is 4.85. The zero-order valence-corrected chi connectivity index (χ0v) is 11.3. The molecule has 18 heavy (non-hydrogen) atoms. The van der Waals surface area contributed by atoms with E-state index in [2.05, 4.69) is 0 Å². The number of hydrogen-bond donors (Lipinski definition) is 2. The Morgan fingerprint density at radius 3 is 2.67 bits per heavy atom. The van der Waals surface area contributed by atoms with Gasteiger partial charge >= 0.3 is 0 Å². The molecule has 2 unspecified atom stereocenters. The lowest BCUT2D eigenvalue weighted by atomic mass is 9.97. The molecule has 4 heteroatoms. The van der Waals surface area contributed by atoms with E-state index in [-0.39, 0.29) is 12.7 Å². The van der Waals surface area contributed by atoms with E-state index in [1.807, 2.05) is 45.0 Å². The minimum atomic E-state index is -0.614. The van der Waals surface area contributed by atoms with Gasteiger partial charge in [0.15, 0.2) is 0 Å². The van der Waals surface area contributed by atoms with Crippen LogP contribution >= 0.6 is 0 Å². The molecule has 0 spiro atoms. The Morgan fingerprint density at radius 2 is 2.06 bits per heavy atom. The molecule has 0 aromatic heterocycles. The summed E-state index contributed by atoms with van der Waals surface area (Å²) in [5.74, 6) is 1.54. The Kier molecular flexibility index (Phi) is 5.44. The highest BCUT2D eigenvalue weighted by molar-refractivity contribution is 5.33. The quantitative estimate of drug-likeness (QED) is 0.779. The van der Waals surface area contributed by atoms with Crippen molar-refractivity contribution in [1.82, 2.24) is 0 Å². The van der Waals surface area contributed by atoms with Crippen molar-refractivity contribution in [1.29, 1.82) is 0 Å². The van der Waals surface area contributed by atoms with Crippen LogP contribution < -0.4 is 15.2 Å². The van der Waals surface area contributed by atoms with E-state index in [1.54, 1.807) is 0 Å². The molecule has 0 saturated carbocycles. The van der Waals surface area contributed by atoms with Gasteiger partial charge in [-0.25, -0.2) is 0 Å². The molecule has 0 aliphatic carbocycles. The van der Waals surface area contributed by atoms with Gasteiger partial charge in [-0.05, 0) is 32.9 Å². The molecule has 1 aromatic carbocycles. The van der Waals surface area contributed by atoms with Crippen molar-refractivity contribution in [2.75, 3.05) is 13.2 Å². The van der Waals surface area contributed by atoms with Gasteiger partial charge in [-0.1, -0.05) is 6.07 Å². The van der Waals surface area contributed by atoms with Crippen LogP contribution in [0.2, 0.25) is 0 Å². The monoisotopic (exact) mass is 253 g/mol. The van der Waals surface area contributed by atoms with Gasteiger partial charge < -0.3 is 20.3 Å². The van der Waals surface area contributed by atoms with E-state index in [1.165, 1.54) is 0 Å². The van der Waals surface area contributed by atoms with Crippen LogP contribution in [-0.4, -0.2) is 30.0 Å². The molecule has 0 bridgehead atoms. The minimum Gasteiger partial charge on any atom is -0.494 e. The van der Waals surface area contributed by atoms with Gasteiger partial charge in [0, 0.05) is 18.0 Å². The van der Waals surface area contributed by atoms with Crippen LogP contribution in [0.1, 0.15) is 27.2 Å². The molecule has 2 atom stereocenters.